The monoisotopic (exact) mass is 558 g/mol. The molecule has 5 aromatic rings. The molecule has 1 aliphatic heterocycles. The fourth-order valence-electron chi connectivity index (χ4n) is 5.21. The molecule has 0 aromatic heterocycles. The summed E-state index contributed by atoms with van der Waals surface area (Å²) < 4.78 is 26.7. The highest BCUT2D eigenvalue weighted by molar-refractivity contribution is 6.35. The summed E-state index contributed by atoms with van der Waals surface area (Å²) in [5.41, 5.74) is 0. The fraction of sp³-hybridized carbons (Fsp3) is 0.172. The number of carboxylic acid groups (broad SMARTS) is 2. The summed E-state index contributed by atoms with van der Waals surface area (Å²) >= 11 is 0. The number of fused-ring (bicyclic) bond motifs is 2. The number of hydrogen-bond donors (Lipinski definition) is 2. The molecule has 0 saturated heterocycles. The van der Waals surface area contributed by atoms with Gasteiger partial charge in [0, 0.05) is 17.3 Å². The largest absolute Gasteiger partial charge is 0.523 e. The van der Waals surface area contributed by atoms with Gasteiger partial charge in [0.1, 0.15) is 23.0 Å². The normalized spacial score (nSPS) is 14.2. The Labute approximate surface area is 231 Å². The summed E-state index contributed by atoms with van der Waals surface area (Å²) in [5.74, 6) is 0.409. The van der Waals surface area contributed by atoms with Gasteiger partial charge < -0.3 is 38.8 Å². The molecule has 1 aliphatic rings. The van der Waals surface area contributed by atoms with Gasteiger partial charge in [-0.1, -0.05) is 0 Å². The zero-order valence-electron chi connectivity index (χ0n) is 21.8. The molecule has 0 atom stereocenters. The van der Waals surface area contributed by atoms with Crippen LogP contribution in [0.1, 0.15) is 6.42 Å². The number of hydrogen-bond acceptors (Lipinski definition) is 10. The van der Waals surface area contributed by atoms with Crippen molar-refractivity contribution in [2.24, 2.45) is 4.99 Å². The lowest BCUT2D eigenvalue weighted by atomic mass is 9.88. The highest BCUT2D eigenvalue weighted by Gasteiger charge is 2.27. The molecule has 12 heteroatoms. The molecule has 0 fully saturated rings. The van der Waals surface area contributed by atoms with Gasteiger partial charge in [0.15, 0.2) is 0 Å². The summed E-state index contributed by atoms with van der Waals surface area (Å²) in [7, 11) is 3.89. The predicted molar refractivity (Wildman–Crippen MR) is 148 cm³/mol. The van der Waals surface area contributed by atoms with E-state index in [0.717, 1.165) is 13.0 Å². The van der Waals surface area contributed by atoms with Crippen LogP contribution in [0.5, 0.6) is 23.0 Å². The number of benzene rings is 5. The van der Waals surface area contributed by atoms with Crippen molar-refractivity contribution in [3.8, 4) is 23.0 Å². The third kappa shape index (κ3) is 4.59. The maximum absolute atomic E-state index is 12.6. The number of aliphatic imine (C=N–C) groups is 1. The van der Waals surface area contributed by atoms with Crippen molar-refractivity contribution in [3.63, 3.8) is 0 Å². The Morgan fingerprint density at radius 1 is 0.732 bits per heavy atom. The van der Waals surface area contributed by atoms with Gasteiger partial charge in [0.2, 0.25) is 0 Å². The lowest BCUT2D eigenvalue weighted by Gasteiger charge is -2.21. The first-order chi connectivity index (χ1) is 19.7. The van der Waals surface area contributed by atoms with Gasteiger partial charge in [-0.15, -0.1) is 0 Å². The zero-order chi connectivity index (χ0) is 28.8. The molecule has 0 unspecified atom stereocenters. The molecule has 0 bridgehead atoms. The number of cyclic esters (lactones) is 1. The Kier molecular flexibility index (Phi) is 6.31. The van der Waals surface area contributed by atoms with Gasteiger partial charge in [-0.2, -0.15) is 0 Å². The number of carbonyl (C=O) groups is 3. The van der Waals surface area contributed by atoms with Crippen LogP contribution in [0.25, 0.3) is 43.1 Å². The molecule has 6 rings (SSSR count). The Hall–Kier alpha value is -5.36. The Morgan fingerprint density at radius 2 is 1.24 bits per heavy atom. The maximum Gasteiger partial charge on any atom is 0.523 e. The third-order valence-corrected chi connectivity index (χ3v) is 6.71. The van der Waals surface area contributed by atoms with E-state index in [-0.39, 0.29) is 28.7 Å². The van der Waals surface area contributed by atoms with Gasteiger partial charge in [-0.05, 0) is 97.1 Å². The van der Waals surface area contributed by atoms with Crippen LogP contribution in [0.3, 0.4) is 0 Å². The summed E-state index contributed by atoms with van der Waals surface area (Å²) in [6.45, 7) is 1.15. The molecule has 41 heavy (non-hydrogen) atoms. The molecule has 0 radical (unpaired) electrons. The molecule has 208 valence electrons. The van der Waals surface area contributed by atoms with Crippen molar-refractivity contribution in [1.82, 2.24) is 4.90 Å². The first-order valence-electron chi connectivity index (χ1n) is 12.5. The van der Waals surface area contributed by atoms with Crippen LogP contribution in [-0.2, 0) is 4.74 Å². The van der Waals surface area contributed by atoms with Crippen molar-refractivity contribution in [1.29, 1.82) is 0 Å². The van der Waals surface area contributed by atoms with Gasteiger partial charge in [-0.25, -0.2) is 19.4 Å². The number of nitrogens with zero attached hydrogens (tertiary/aromatic N) is 2. The van der Waals surface area contributed by atoms with E-state index >= 15 is 0 Å². The Balaban J connectivity index is 1.62. The molecule has 2 N–H and O–H groups in total. The first kappa shape index (κ1) is 25.9. The second-order valence-corrected chi connectivity index (χ2v) is 9.54. The number of carbonyl (C=O) groups excluding carboxylic acids is 1. The Bertz CT molecular complexity index is 1840. The van der Waals surface area contributed by atoms with Crippen molar-refractivity contribution in [3.05, 3.63) is 48.5 Å². The topological polar surface area (TPSA) is 153 Å². The quantitative estimate of drug-likeness (QED) is 0.0821. The minimum Gasteiger partial charge on any atom is -0.449 e. The molecular formula is C29H22N2O10. The highest BCUT2D eigenvalue weighted by atomic mass is 16.8. The van der Waals surface area contributed by atoms with E-state index in [2.05, 4.69) is 4.99 Å². The van der Waals surface area contributed by atoms with E-state index in [1.54, 1.807) is 36.4 Å². The minimum absolute atomic E-state index is 0.0822. The van der Waals surface area contributed by atoms with Crippen molar-refractivity contribution >= 4 is 67.6 Å². The van der Waals surface area contributed by atoms with Crippen LogP contribution in [0.2, 0.25) is 0 Å². The SMILES string of the molecule is CN(C)CCCN=C1OC(=O)Oc2ccc3c4ccc(OC(=O)O)c5c(OC(=O)O)ccc(c6ccc(c2c36)O1)c54. The zero-order valence-corrected chi connectivity index (χ0v) is 21.8. The van der Waals surface area contributed by atoms with Gasteiger partial charge >= 0.3 is 24.5 Å². The summed E-state index contributed by atoms with van der Waals surface area (Å²) in [4.78, 5) is 41.7. The Morgan fingerprint density at radius 3 is 1.78 bits per heavy atom. The molecule has 1 heterocycles. The predicted octanol–water partition coefficient (Wildman–Crippen LogP) is 6.07. The van der Waals surface area contributed by atoms with E-state index in [1.165, 1.54) is 12.1 Å². The van der Waals surface area contributed by atoms with E-state index < -0.39 is 18.5 Å². The van der Waals surface area contributed by atoms with Crippen LogP contribution in [0.4, 0.5) is 14.4 Å². The van der Waals surface area contributed by atoms with Gasteiger partial charge in [-0.3, -0.25) is 0 Å². The molecule has 0 aliphatic carbocycles. The average molecular weight is 558 g/mol. The molecular weight excluding hydrogens is 536 g/mol. The number of rotatable bonds is 6. The van der Waals surface area contributed by atoms with Crippen molar-refractivity contribution in [2.45, 2.75) is 6.42 Å². The van der Waals surface area contributed by atoms with Crippen LogP contribution < -0.4 is 18.9 Å². The van der Waals surface area contributed by atoms with Gasteiger partial charge in [0.25, 0.3) is 0 Å². The molecule has 5 aromatic carbocycles. The van der Waals surface area contributed by atoms with Crippen molar-refractivity contribution < 1.29 is 48.3 Å². The van der Waals surface area contributed by atoms with Crippen LogP contribution >= 0.6 is 0 Å². The van der Waals surface area contributed by atoms with Crippen LogP contribution in [0.15, 0.2) is 53.5 Å². The molecule has 0 amide bonds. The van der Waals surface area contributed by atoms with Gasteiger partial charge in [0.05, 0.1) is 10.8 Å². The molecule has 0 saturated carbocycles. The first-order valence-corrected chi connectivity index (χ1v) is 12.5. The second kappa shape index (κ2) is 9.99. The highest BCUT2D eigenvalue weighted by Crippen LogP contribution is 2.49. The second-order valence-electron chi connectivity index (χ2n) is 9.54. The number of ether oxygens (including phenoxy) is 5. The summed E-state index contributed by atoms with van der Waals surface area (Å²) in [6, 6.07) is 13.1. The average Bonchev–Trinajstić information content (AvgIpc) is 2.90. The van der Waals surface area contributed by atoms with E-state index in [4.69, 9.17) is 23.7 Å². The maximum atomic E-state index is 12.6. The molecule has 0 spiro atoms. The smallest absolute Gasteiger partial charge is 0.449 e. The van der Waals surface area contributed by atoms with E-state index in [0.29, 0.717) is 50.0 Å². The standard InChI is InChI=1S/C29H22N2O10/c1-31(2)13-3-12-30-26-37-18-8-4-14-15-5-9-19(38-27(32)33)25-20(39-28(34)35)10-6-16(23(15)25)17-7-11-21(24(18)22(14)17)40-29(36)41-26/h4-11H,3,12-13H2,1-2H3,(H,32,33)(H,34,35). The fourth-order valence-corrected chi connectivity index (χ4v) is 5.21. The van der Waals surface area contributed by atoms with Crippen LogP contribution in [-0.4, -0.2) is 66.8 Å². The molecule has 12 nitrogen and oxygen atoms in total. The van der Waals surface area contributed by atoms with Crippen LogP contribution in [0, 0.1) is 0 Å². The van der Waals surface area contributed by atoms with E-state index in [1.807, 2.05) is 19.0 Å². The minimum atomic E-state index is -1.56. The third-order valence-electron chi connectivity index (χ3n) is 6.71. The lowest BCUT2D eigenvalue weighted by molar-refractivity contribution is 0.135. The van der Waals surface area contributed by atoms with E-state index in [9.17, 15) is 24.6 Å². The lowest BCUT2D eigenvalue weighted by Crippen LogP contribution is -2.24. The van der Waals surface area contributed by atoms with Crippen molar-refractivity contribution in [2.75, 3.05) is 27.2 Å². The summed E-state index contributed by atoms with van der Waals surface area (Å²) in [6.07, 6.45) is -3.63. The summed E-state index contributed by atoms with van der Waals surface area (Å²) in [5, 5.41) is 23.3.